The van der Waals surface area contributed by atoms with Crippen LogP contribution < -0.4 is 15.8 Å². The van der Waals surface area contributed by atoms with Crippen molar-refractivity contribution in [1.82, 2.24) is 0 Å². The first-order chi connectivity index (χ1) is 17.2. The summed E-state index contributed by atoms with van der Waals surface area (Å²) in [6.45, 7) is 9.41. The Morgan fingerprint density at radius 2 is 1.89 bits per heavy atom. The number of nitrogens with one attached hydrogen (secondary N) is 2. The van der Waals surface area contributed by atoms with Gasteiger partial charge in [0.05, 0.1) is 5.69 Å². The number of para-hydroxylation sites is 1. The molecule has 0 saturated carbocycles. The maximum atomic E-state index is 12.0. The van der Waals surface area contributed by atoms with E-state index in [9.17, 15) is 4.79 Å². The van der Waals surface area contributed by atoms with Crippen LogP contribution in [0.15, 0.2) is 76.7 Å². The number of benzene rings is 3. The van der Waals surface area contributed by atoms with Crippen molar-refractivity contribution in [2.24, 2.45) is 9.98 Å². The van der Waals surface area contributed by atoms with E-state index in [-0.39, 0.29) is 6.61 Å². The zero-order valence-electron chi connectivity index (χ0n) is 20.7. The maximum Gasteiger partial charge on any atom is 0.344 e. The normalized spacial score (nSPS) is 11.5. The van der Waals surface area contributed by atoms with Gasteiger partial charge in [-0.2, -0.15) is 0 Å². The Hall–Kier alpha value is -4.46. The number of rotatable bonds is 9. The van der Waals surface area contributed by atoms with Gasteiger partial charge in [-0.3, -0.25) is 0 Å². The molecule has 186 valence electrons. The second kappa shape index (κ2) is 11.8. The molecule has 4 N–H and O–H groups in total. The van der Waals surface area contributed by atoms with E-state index in [1.807, 2.05) is 42.5 Å². The van der Waals surface area contributed by atoms with E-state index in [0.717, 1.165) is 16.9 Å². The van der Waals surface area contributed by atoms with Gasteiger partial charge in [-0.25, -0.2) is 14.8 Å². The van der Waals surface area contributed by atoms with E-state index in [4.69, 9.17) is 25.6 Å². The molecule has 0 aliphatic carbocycles. The smallest absolute Gasteiger partial charge is 0.344 e. The largest absolute Gasteiger partial charge is 0.482 e. The SMILES string of the molecule is C=NC(=Nc1ccccc1CNc1ccc(N)c(C=N)c1)c1cccc(OCC(=O)OC(C)(C)C)c1. The molecule has 0 spiro atoms. The molecule has 0 aromatic heterocycles. The number of hydrogen-bond acceptors (Lipinski definition) is 7. The fraction of sp³-hybridized carbons (Fsp3) is 0.214. The van der Waals surface area contributed by atoms with Crippen molar-refractivity contribution < 1.29 is 14.3 Å². The number of carbonyl (C=O) groups excluding carboxylic acids is 1. The summed E-state index contributed by atoms with van der Waals surface area (Å²) >= 11 is 0. The maximum absolute atomic E-state index is 12.0. The van der Waals surface area contributed by atoms with Crippen LogP contribution in [0.3, 0.4) is 0 Å². The third kappa shape index (κ3) is 7.53. The monoisotopic (exact) mass is 485 g/mol. The van der Waals surface area contributed by atoms with Crippen molar-refractivity contribution in [3.05, 3.63) is 83.4 Å². The molecule has 3 rings (SSSR count). The number of ether oxygens (including phenoxy) is 2. The number of esters is 1. The van der Waals surface area contributed by atoms with Gasteiger partial charge >= 0.3 is 5.97 Å². The van der Waals surface area contributed by atoms with Crippen LogP contribution in [0.5, 0.6) is 5.75 Å². The predicted octanol–water partition coefficient (Wildman–Crippen LogP) is 5.38. The average Bonchev–Trinajstić information content (AvgIpc) is 2.85. The molecular weight excluding hydrogens is 454 g/mol. The van der Waals surface area contributed by atoms with Crippen molar-refractivity contribution in [3.8, 4) is 5.75 Å². The molecule has 3 aromatic carbocycles. The third-order valence-electron chi connectivity index (χ3n) is 4.96. The lowest BCUT2D eigenvalue weighted by Gasteiger charge is -2.19. The van der Waals surface area contributed by atoms with Gasteiger partial charge in [0.1, 0.15) is 11.4 Å². The molecule has 0 bridgehead atoms. The summed E-state index contributed by atoms with van der Waals surface area (Å²) in [6, 6.07) is 20.3. The highest BCUT2D eigenvalue weighted by Crippen LogP contribution is 2.24. The molecular formula is C28H31N5O3. The molecule has 8 heteroatoms. The van der Waals surface area contributed by atoms with Gasteiger partial charge in [0, 0.05) is 35.3 Å². The van der Waals surface area contributed by atoms with Gasteiger partial charge in [-0.15, -0.1) is 0 Å². The minimum absolute atomic E-state index is 0.200. The molecule has 0 fully saturated rings. The van der Waals surface area contributed by atoms with Gasteiger partial charge < -0.3 is 25.9 Å². The first-order valence-corrected chi connectivity index (χ1v) is 11.4. The topological polar surface area (TPSA) is 122 Å². The highest BCUT2D eigenvalue weighted by Gasteiger charge is 2.16. The van der Waals surface area contributed by atoms with Gasteiger partial charge in [0.25, 0.3) is 0 Å². The summed E-state index contributed by atoms with van der Waals surface area (Å²) in [5, 5.41) is 10.8. The van der Waals surface area contributed by atoms with E-state index >= 15 is 0 Å². The Labute approximate surface area is 211 Å². The molecule has 0 heterocycles. The average molecular weight is 486 g/mol. The summed E-state index contributed by atoms with van der Waals surface area (Å²) in [5.41, 5.74) is 9.73. The number of amidine groups is 1. The minimum atomic E-state index is -0.576. The second-order valence-corrected chi connectivity index (χ2v) is 8.97. The van der Waals surface area contributed by atoms with Crippen molar-refractivity contribution in [2.45, 2.75) is 32.9 Å². The lowest BCUT2D eigenvalue weighted by atomic mass is 10.1. The van der Waals surface area contributed by atoms with E-state index in [0.29, 0.717) is 34.9 Å². The molecule has 0 atom stereocenters. The van der Waals surface area contributed by atoms with Crippen molar-refractivity contribution >= 4 is 41.8 Å². The van der Waals surface area contributed by atoms with Crippen molar-refractivity contribution in [1.29, 1.82) is 5.41 Å². The number of anilines is 2. The number of nitrogen functional groups attached to an aromatic ring is 1. The van der Waals surface area contributed by atoms with Crippen LogP contribution >= 0.6 is 0 Å². The van der Waals surface area contributed by atoms with E-state index in [1.54, 1.807) is 45.0 Å². The summed E-state index contributed by atoms with van der Waals surface area (Å²) < 4.78 is 10.9. The minimum Gasteiger partial charge on any atom is -0.482 e. The molecule has 0 amide bonds. The van der Waals surface area contributed by atoms with E-state index < -0.39 is 11.6 Å². The van der Waals surface area contributed by atoms with Crippen LogP contribution in [0.4, 0.5) is 17.1 Å². The lowest BCUT2D eigenvalue weighted by molar-refractivity contribution is -0.157. The van der Waals surface area contributed by atoms with E-state index in [1.165, 1.54) is 6.21 Å². The zero-order valence-corrected chi connectivity index (χ0v) is 20.7. The van der Waals surface area contributed by atoms with Crippen LogP contribution in [0.25, 0.3) is 0 Å². The lowest BCUT2D eigenvalue weighted by Crippen LogP contribution is -2.27. The Balaban J connectivity index is 1.77. The van der Waals surface area contributed by atoms with Gasteiger partial charge in [-0.05, 0) is 69.5 Å². The fourth-order valence-electron chi connectivity index (χ4n) is 3.32. The van der Waals surface area contributed by atoms with E-state index in [2.05, 4.69) is 17.0 Å². The Morgan fingerprint density at radius 3 is 2.61 bits per heavy atom. The van der Waals surface area contributed by atoms with Crippen LogP contribution in [0.2, 0.25) is 0 Å². The molecule has 36 heavy (non-hydrogen) atoms. The predicted molar refractivity (Wildman–Crippen MR) is 146 cm³/mol. The van der Waals surface area contributed by atoms with Gasteiger partial charge in [-0.1, -0.05) is 30.3 Å². The Bertz CT molecular complexity index is 1280. The summed E-state index contributed by atoms with van der Waals surface area (Å²) in [7, 11) is 0. The van der Waals surface area contributed by atoms with Gasteiger partial charge in [0.2, 0.25) is 0 Å². The molecule has 0 unspecified atom stereocenters. The van der Waals surface area contributed by atoms with Crippen LogP contribution in [-0.4, -0.2) is 36.9 Å². The second-order valence-electron chi connectivity index (χ2n) is 8.97. The van der Waals surface area contributed by atoms with Gasteiger partial charge in [0.15, 0.2) is 12.4 Å². The standard InChI is InChI=1S/C28H31N5O3/c1-28(2,3)36-26(34)18-35-23-10-7-9-19(15-23)27(31-4)33-25-11-6-5-8-20(25)17-32-22-12-13-24(30)21(14-22)16-29/h5-16,29,32H,4,17-18,30H2,1-3H3. The van der Waals surface area contributed by atoms with Crippen molar-refractivity contribution in [2.75, 3.05) is 17.7 Å². The van der Waals surface area contributed by atoms with Crippen LogP contribution in [0, 0.1) is 5.41 Å². The highest BCUT2D eigenvalue weighted by molar-refractivity contribution is 6.03. The van der Waals surface area contributed by atoms with Crippen LogP contribution in [-0.2, 0) is 16.1 Å². The number of hydrogen-bond donors (Lipinski definition) is 3. The number of nitrogens with two attached hydrogens (primary N) is 1. The number of carbonyl (C=O) groups is 1. The molecule has 0 saturated heterocycles. The third-order valence-corrected chi connectivity index (χ3v) is 4.96. The molecule has 0 aliphatic rings. The summed E-state index contributed by atoms with van der Waals surface area (Å²) in [5.74, 6) is 0.470. The first kappa shape index (κ1) is 26.2. The first-order valence-electron chi connectivity index (χ1n) is 11.4. The summed E-state index contributed by atoms with van der Waals surface area (Å²) in [6.07, 6.45) is 1.23. The molecule has 8 nitrogen and oxygen atoms in total. The Kier molecular flexibility index (Phi) is 8.57. The molecule has 0 aliphatic heterocycles. The number of nitrogens with zero attached hydrogens (tertiary/aromatic N) is 2. The Morgan fingerprint density at radius 1 is 1.11 bits per heavy atom. The van der Waals surface area contributed by atoms with Crippen molar-refractivity contribution in [3.63, 3.8) is 0 Å². The van der Waals surface area contributed by atoms with Crippen LogP contribution in [0.1, 0.15) is 37.5 Å². The number of aliphatic imine (C=N–C) groups is 2. The highest BCUT2D eigenvalue weighted by atomic mass is 16.6. The molecule has 3 aromatic rings. The summed E-state index contributed by atoms with van der Waals surface area (Å²) in [4.78, 5) is 20.8. The quantitative estimate of drug-likeness (QED) is 0.163. The molecule has 0 radical (unpaired) electrons. The fourth-order valence-corrected chi connectivity index (χ4v) is 3.32. The zero-order chi connectivity index (χ0) is 26.1.